The van der Waals surface area contributed by atoms with Crippen molar-refractivity contribution in [3.05, 3.63) is 0 Å². The van der Waals surface area contributed by atoms with Crippen LogP contribution in [0, 0.1) is 5.92 Å². The summed E-state index contributed by atoms with van der Waals surface area (Å²) < 4.78 is 0. The third-order valence-corrected chi connectivity index (χ3v) is 3.80. The van der Waals surface area contributed by atoms with Gasteiger partial charge in [-0.1, -0.05) is 13.3 Å². The van der Waals surface area contributed by atoms with Crippen LogP contribution in [0.15, 0.2) is 0 Å². The molecule has 0 aliphatic heterocycles. The Balaban J connectivity index is 1.48. The van der Waals surface area contributed by atoms with Gasteiger partial charge in [0, 0.05) is 12.6 Å². The summed E-state index contributed by atoms with van der Waals surface area (Å²) in [5.41, 5.74) is 0. The first-order valence-electron chi connectivity index (χ1n) is 7.35. The molecule has 0 bridgehead atoms. The first-order chi connectivity index (χ1) is 7.90. The molecule has 2 rings (SSSR count). The van der Waals surface area contributed by atoms with Crippen molar-refractivity contribution in [1.29, 1.82) is 0 Å². The minimum atomic E-state index is 0.981. The number of nitrogens with zero attached hydrogens (tertiary/aromatic N) is 1. The molecule has 0 saturated heterocycles. The van der Waals surface area contributed by atoms with E-state index in [1.807, 2.05) is 0 Å². The number of hydrogen-bond donors (Lipinski definition) is 1. The van der Waals surface area contributed by atoms with E-state index in [1.165, 1.54) is 64.6 Å². The van der Waals surface area contributed by atoms with Crippen LogP contribution in [-0.4, -0.2) is 37.1 Å². The molecule has 1 N–H and O–H groups in total. The van der Waals surface area contributed by atoms with Gasteiger partial charge in [-0.25, -0.2) is 0 Å². The molecule has 0 spiro atoms. The van der Waals surface area contributed by atoms with Gasteiger partial charge in [-0.2, -0.15) is 0 Å². The van der Waals surface area contributed by atoms with Crippen molar-refractivity contribution in [3.63, 3.8) is 0 Å². The van der Waals surface area contributed by atoms with Gasteiger partial charge in [-0.05, 0) is 64.1 Å². The van der Waals surface area contributed by atoms with E-state index in [1.54, 1.807) is 0 Å². The Morgan fingerprint density at radius 1 is 1.06 bits per heavy atom. The molecule has 2 aliphatic rings. The van der Waals surface area contributed by atoms with Crippen molar-refractivity contribution in [2.45, 2.75) is 57.9 Å². The zero-order valence-corrected chi connectivity index (χ0v) is 10.9. The second-order valence-corrected chi connectivity index (χ2v) is 5.58. The van der Waals surface area contributed by atoms with Crippen molar-refractivity contribution in [1.82, 2.24) is 10.2 Å². The van der Waals surface area contributed by atoms with Gasteiger partial charge in [0.1, 0.15) is 0 Å². The maximum atomic E-state index is 3.40. The lowest BCUT2D eigenvalue weighted by atomic mass is 10.2. The highest BCUT2D eigenvalue weighted by Gasteiger charge is 2.32. The zero-order chi connectivity index (χ0) is 11.2. The summed E-state index contributed by atoms with van der Waals surface area (Å²) in [5.74, 6) is 1.07. The van der Waals surface area contributed by atoms with E-state index in [9.17, 15) is 0 Å². The molecule has 2 nitrogen and oxygen atoms in total. The van der Waals surface area contributed by atoms with Gasteiger partial charge < -0.3 is 10.2 Å². The van der Waals surface area contributed by atoms with Crippen LogP contribution in [0.25, 0.3) is 0 Å². The molecule has 0 aromatic carbocycles. The Morgan fingerprint density at radius 2 is 1.88 bits per heavy atom. The number of nitrogens with one attached hydrogen (secondary N) is 1. The summed E-state index contributed by atoms with van der Waals surface area (Å²) in [7, 11) is 0. The predicted octanol–water partition coefficient (Wildman–Crippen LogP) is 2.64. The summed E-state index contributed by atoms with van der Waals surface area (Å²) in [5, 5.41) is 3.40. The molecule has 0 heterocycles. The van der Waals surface area contributed by atoms with E-state index in [2.05, 4.69) is 17.1 Å². The minimum Gasteiger partial charge on any atom is -0.317 e. The van der Waals surface area contributed by atoms with Crippen molar-refractivity contribution >= 4 is 0 Å². The Kier molecular flexibility index (Phi) is 5.11. The molecule has 2 saturated carbocycles. The van der Waals surface area contributed by atoms with E-state index in [-0.39, 0.29) is 0 Å². The molecule has 0 aromatic heterocycles. The van der Waals surface area contributed by atoms with E-state index < -0.39 is 0 Å². The quantitative estimate of drug-likeness (QED) is 0.574. The first-order valence-corrected chi connectivity index (χ1v) is 7.35. The van der Waals surface area contributed by atoms with Crippen molar-refractivity contribution in [2.24, 2.45) is 5.92 Å². The fourth-order valence-corrected chi connectivity index (χ4v) is 2.41. The Morgan fingerprint density at radius 3 is 2.50 bits per heavy atom. The van der Waals surface area contributed by atoms with Gasteiger partial charge in [0.2, 0.25) is 0 Å². The van der Waals surface area contributed by atoms with Crippen LogP contribution in [-0.2, 0) is 0 Å². The molecule has 2 fully saturated rings. The lowest BCUT2D eigenvalue weighted by Gasteiger charge is -2.21. The second-order valence-electron chi connectivity index (χ2n) is 5.58. The normalized spacial score (nSPS) is 20.6. The van der Waals surface area contributed by atoms with Gasteiger partial charge in [-0.15, -0.1) is 0 Å². The van der Waals surface area contributed by atoms with E-state index in [4.69, 9.17) is 0 Å². The van der Waals surface area contributed by atoms with Crippen LogP contribution in [0.5, 0.6) is 0 Å². The molecule has 94 valence electrons. The van der Waals surface area contributed by atoms with Crippen LogP contribution in [0.2, 0.25) is 0 Å². The largest absolute Gasteiger partial charge is 0.317 e. The minimum absolute atomic E-state index is 0.981. The molecule has 16 heavy (non-hydrogen) atoms. The third kappa shape index (κ3) is 4.84. The highest BCUT2D eigenvalue weighted by Crippen LogP contribution is 2.34. The van der Waals surface area contributed by atoms with E-state index in [0.29, 0.717) is 0 Å². The van der Waals surface area contributed by atoms with Crippen LogP contribution >= 0.6 is 0 Å². The van der Waals surface area contributed by atoms with Gasteiger partial charge in [0.25, 0.3) is 0 Å². The van der Waals surface area contributed by atoms with Crippen molar-refractivity contribution < 1.29 is 0 Å². The van der Waals surface area contributed by atoms with Crippen molar-refractivity contribution in [3.8, 4) is 0 Å². The standard InChI is InChI=1S/C14H28N2/c1-2-15-10-4-3-5-11-16(14-8-9-14)12-13-6-7-13/h13-15H,2-12H2,1H3. The van der Waals surface area contributed by atoms with Gasteiger partial charge >= 0.3 is 0 Å². The van der Waals surface area contributed by atoms with Crippen LogP contribution in [0.3, 0.4) is 0 Å². The topological polar surface area (TPSA) is 15.3 Å². The maximum Gasteiger partial charge on any atom is 0.00965 e. The average Bonchev–Trinajstić information content (AvgIpc) is 3.15. The molecule has 0 radical (unpaired) electrons. The molecule has 0 unspecified atom stereocenters. The molecular weight excluding hydrogens is 196 g/mol. The van der Waals surface area contributed by atoms with Crippen LogP contribution in [0.1, 0.15) is 51.9 Å². The van der Waals surface area contributed by atoms with Crippen LogP contribution < -0.4 is 5.32 Å². The summed E-state index contributed by atoms with van der Waals surface area (Å²) in [4.78, 5) is 2.78. The molecule has 0 amide bonds. The molecular formula is C14H28N2. The van der Waals surface area contributed by atoms with E-state index >= 15 is 0 Å². The van der Waals surface area contributed by atoms with Gasteiger partial charge in [0.15, 0.2) is 0 Å². The Bertz CT molecular complexity index is 185. The second kappa shape index (κ2) is 6.61. The fourth-order valence-electron chi connectivity index (χ4n) is 2.41. The highest BCUT2D eigenvalue weighted by atomic mass is 15.2. The zero-order valence-electron chi connectivity index (χ0n) is 10.9. The first kappa shape index (κ1) is 12.4. The summed E-state index contributed by atoms with van der Waals surface area (Å²) in [6.07, 6.45) is 10.1. The average molecular weight is 224 g/mol. The maximum absolute atomic E-state index is 3.40. The lowest BCUT2D eigenvalue weighted by molar-refractivity contribution is 0.247. The third-order valence-electron chi connectivity index (χ3n) is 3.80. The monoisotopic (exact) mass is 224 g/mol. The van der Waals surface area contributed by atoms with Crippen LogP contribution in [0.4, 0.5) is 0 Å². The highest BCUT2D eigenvalue weighted by molar-refractivity contribution is 4.88. The molecule has 0 aromatic rings. The summed E-state index contributed by atoms with van der Waals surface area (Å²) >= 11 is 0. The number of hydrogen-bond acceptors (Lipinski definition) is 2. The summed E-state index contributed by atoms with van der Waals surface area (Å²) in [6.45, 7) is 7.30. The molecule has 2 heteroatoms. The SMILES string of the molecule is CCNCCCCCN(CC1CC1)C1CC1. The number of rotatable bonds is 10. The molecule has 2 aliphatic carbocycles. The van der Waals surface area contributed by atoms with Crippen molar-refractivity contribution in [2.75, 3.05) is 26.2 Å². The number of unbranched alkanes of at least 4 members (excludes halogenated alkanes) is 2. The Hall–Kier alpha value is -0.0800. The predicted molar refractivity (Wildman–Crippen MR) is 69.7 cm³/mol. The van der Waals surface area contributed by atoms with Gasteiger partial charge in [0.05, 0.1) is 0 Å². The van der Waals surface area contributed by atoms with E-state index in [0.717, 1.165) is 18.5 Å². The smallest absolute Gasteiger partial charge is 0.00965 e. The lowest BCUT2D eigenvalue weighted by Crippen LogP contribution is -2.29. The molecule has 0 atom stereocenters. The fraction of sp³-hybridized carbons (Fsp3) is 1.00. The summed E-state index contributed by atoms with van der Waals surface area (Å²) in [6, 6.07) is 0.981. The Labute approximate surface area is 101 Å². The van der Waals surface area contributed by atoms with Gasteiger partial charge in [-0.3, -0.25) is 0 Å².